The minimum atomic E-state index is -0.476. The van der Waals surface area contributed by atoms with Crippen LogP contribution in [0.5, 0.6) is 0 Å². The summed E-state index contributed by atoms with van der Waals surface area (Å²) in [6.07, 6.45) is -0.247. The third-order valence-electron chi connectivity index (χ3n) is 22.3. The average molecular weight is 1380 g/mol. The molecule has 6 aromatic rings. The summed E-state index contributed by atoms with van der Waals surface area (Å²) < 4.78 is 77.1. The van der Waals surface area contributed by atoms with Crippen LogP contribution in [0.4, 0.5) is 0 Å². The Bertz CT molecular complexity index is 3310. The highest BCUT2D eigenvalue weighted by Gasteiger charge is 2.64. The standard InChI is InChI=1S/C37H49BO5.C31H37BrO3.C12H24B2O4/c1-25-21-31(38-42-36(5,6)37(7,8)43-38)19-20-32(25)28(4)35-34(40-23-30-17-13-10-14-18-30)27(3)26(2)33(41-35)24-39-22-29-15-11-9-12-16-29;1-21-17-27(32)15-16-28(21)24(4)31-30(34-19-26-13-9-6-10-14-26)23(3)22(2)29(35-31)20-33-18-25-11-7-5-8-12-25;1-9(2)10(3,4)16-13(15-9)14-17-11(5,6)12(7,8)18-14/h9-21,26-28,33-35H,22-24H2,1-8H3;5-17,22-24,29-31H,18-20H2,1-4H3;1-8H3/t26-,27-,28+,33?,34?,35+;22-,23-,24+,29?,30?,31+;/m00./s1. The van der Waals surface area contributed by atoms with Crippen LogP contribution in [0.25, 0.3) is 0 Å². The minimum absolute atomic E-state index is 0.00590. The molecule has 12 atom stereocenters. The van der Waals surface area contributed by atoms with Crippen LogP contribution >= 0.6 is 15.9 Å². The van der Waals surface area contributed by atoms with Gasteiger partial charge in [0.15, 0.2) is 0 Å². The molecule has 0 N–H and O–H groups in total. The number of aryl methyl sites for hydroxylation is 2. The van der Waals surface area contributed by atoms with Crippen molar-refractivity contribution < 1.29 is 56.3 Å². The average Bonchev–Trinajstić information content (AvgIpc) is 1.57. The van der Waals surface area contributed by atoms with Gasteiger partial charge < -0.3 is 56.3 Å². The quantitative estimate of drug-likeness (QED) is 0.0679. The van der Waals surface area contributed by atoms with Crippen LogP contribution in [0.3, 0.4) is 0 Å². The molecule has 11 rings (SSSR count). The zero-order valence-electron chi connectivity index (χ0n) is 61.2. The molecule has 4 unspecified atom stereocenters. The zero-order chi connectivity index (χ0) is 69.5. The molecular formula is C80H110B3BrO12. The maximum absolute atomic E-state index is 6.96. The summed E-state index contributed by atoms with van der Waals surface area (Å²) in [5.74, 6) is 1.53. The smallest absolute Gasteiger partial charge is 0.405 e. The lowest BCUT2D eigenvalue weighted by atomic mass is 9.49. The van der Waals surface area contributed by atoms with Crippen molar-refractivity contribution in [3.8, 4) is 0 Å². The Morgan fingerprint density at radius 2 is 0.708 bits per heavy atom. The largest absolute Gasteiger partial charge is 0.494 e. The topological polar surface area (TPSA) is 111 Å². The van der Waals surface area contributed by atoms with Gasteiger partial charge in [0, 0.05) is 16.3 Å². The molecule has 16 heteroatoms. The van der Waals surface area contributed by atoms with Gasteiger partial charge in [0.25, 0.3) is 0 Å². The third kappa shape index (κ3) is 18.2. The molecular weight excluding hydrogens is 1270 g/mol. The first kappa shape index (κ1) is 75.7. The van der Waals surface area contributed by atoms with Gasteiger partial charge in [0.1, 0.15) is 0 Å². The summed E-state index contributed by atoms with van der Waals surface area (Å²) in [6.45, 7) is 46.1. The molecule has 0 spiro atoms. The Hall–Kier alpha value is -4.49. The van der Waals surface area contributed by atoms with Crippen LogP contribution in [0.1, 0.15) is 181 Å². The van der Waals surface area contributed by atoms with Crippen molar-refractivity contribution in [2.75, 3.05) is 13.2 Å². The van der Waals surface area contributed by atoms with E-state index in [0.717, 1.165) is 9.94 Å². The van der Waals surface area contributed by atoms with E-state index >= 15 is 0 Å². The molecule has 5 aliphatic heterocycles. The van der Waals surface area contributed by atoms with Gasteiger partial charge in [-0.15, -0.1) is 0 Å². The van der Waals surface area contributed by atoms with Crippen molar-refractivity contribution in [1.29, 1.82) is 0 Å². The lowest BCUT2D eigenvalue weighted by Gasteiger charge is -2.47. The van der Waals surface area contributed by atoms with Crippen molar-refractivity contribution >= 4 is 42.5 Å². The van der Waals surface area contributed by atoms with Crippen molar-refractivity contribution in [3.05, 3.63) is 207 Å². The first-order valence-corrected chi connectivity index (χ1v) is 35.9. The van der Waals surface area contributed by atoms with Gasteiger partial charge >= 0.3 is 21.1 Å². The van der Waals surface area contributed by atoms with E-state index in [2.05, 4.69) is 208 Å². The Kier molecular flexibility index (Phi) is 25.2. The van der Waals surface area contributed by atoms with Gasteiger partial charge in [0.05, 0.1) is 110 Å². The summed E-state index contributed by atoms with van der Waals surface area (Å²) in [5, 5.41) is 0. The summed E-state index contributed by atoms with van der Waals surface area (Å²) in [4.78, 5) is 0. The van der Waals surface area contributed by atoms with Gasteiger partial charge in [0.2, 0.25) is 0 Å². The number of hydrogen-bond acceptors (Lipinski definition) is 12. The second-order valence-corrected chi connectivity index (χ2v) is 31.7. The van der Waals surface area contributed by atoms with E-state index < -0.39 is 14.0 Å². The van der Waals surface area contributed by atoms with E-state index in [1.807, 2.05) is 104 Å². The summed E-state index contributed by atoms with van der Waals surface area (Å²) in [6, 6.07) is 54.6. The molecule has 5 saturated heterocycles. The summed E-state index contributed by atoms with van der Waals surface area (Å²) in [7, 11) is -1.33. The molecule has 12 nitrogen and oxygen atoms in total. The molecule has 0 radical (unpaired) electrons. The summed E-state index contributed by atoms with van der Waals surface area (Å²) in [5.41, 5.74) is 8.59. The number of hydrogen-bond donors (Lipinski definition) is 0. The van der Waals surface area contributed by atoms with Gasteiger partial charge in [-0.1, -0.05) is 203 Å². The highest BCUT2D eigenvalue weighted by molar-refractivity contribution is 9.10. The lowest BCUT2D eigenvalue weighted by molar-refractivity contribution is -0.209. The Morgan fingerprint density at radius 1 is 0.396 bits per heavy atom. The highest BCUT2D eigenvalue weighted by Crippen LogP contribution is 2.45. The predicted molar refractivity (Wildman–Crippen MR) is 391 cm³/mol. The number of rotatable bonds is 20. The van der Waals surface area contributed by atoms with Crippen LogP contribution in [-0.4, -0.2) is 105 Å². The molecule has 0 aliphatic carbocycles. The molecule has 0 aromatic heterocycles. The first-order valence-electron chi connectivity index (χ1n) is 35.1. The molecule has 5 fully saturated rings. The van der Waals surface area contributed by atoms with E-state index in [1.165, 1.54) is 44.5 Å². The number of halogens is 1. The molecule has 96 heavy (non-hydrogen) atoms. The Labute approximate surface area is 586 Å². The molecule has 0 bridgehead atoms. The highest BCUT2D eigenvalue weighted by atomic mass is 79.9. The fraction of sp³-hybridized carbons (Fsp3) is 0.550. The number of ether oxygens (including phenoxy) is 6. The molecule has 5 aliphatic rings. The third-order valence-corrected chi connectivity index (χ3v) is 22.8. The first-order chi connectivity index (χ1) is 45.3. The van der Waals surface area contributed by atoms with Crippen LogP contribution in [-0.2, 0) is 82.8 Å². The van der Waals surface area contributed by atoms with Crippen molar-refractivity contribution in [1.82, 2.24) is 0 Å². The second-order valence-electron chi connectivity index (χ2n) is 30.8. The van der Waals surface area contributed by atoms with Gasteiger partial charge in [-0.3, -0.25) is 0 Å². The molecule has 0 saturated carbocycles. The molecule has 6 aromatic carbocycles. The predicted octanol–water partition coefficient (Wildman–Crippen LogP) is 17.2. The molecule has 518 valence electrons. The van der Waals surface area contributed by atoms with E-state index in [4.69, 9.17) is 56.3 Å². The van der Waals surface area contributed by atoms with Crippen molar-refractivity contribution in [2.24, 2.45) is 23.7 Å². The van der Waals surface area contributed by atoms with Crippen LogP contribution in [0.15, 0.2) is 162 Å². The van der Waals surface area contributed by atoms with Crippen molar-refractivity contribution in [2.45, 2.75) is 247 Å². The summed E-state index contributed by atoms with van der Waals surface area (Å²) >= 11 is 3.61. The fourth-order valence-electron chi connectivity index (χ4n) is 13.5. The Morgan fingerprint density at radius 3 is 1.04 bits per heavy atom. The van der Waals surface area contributed by atoms with Gasteiger partial charge in [-0.25, -0.2) is 0 Å². The van der Waals surface area contributed by atoms with Crippen molar-refractivity contribution in [3.63, 3.8) is 0 Å². The zero-order valence-corrected chi connectivity index (χ0v) is 62.8. The normalized spacial score (nSPS) is 27.4. The molecule has 5 heterocycles. The lowest BCUT2D eigenvalue weighted by Crippen LogP contribution is -2.53. The van der Waals surface area contributed by atoms with Gasteiger partial charge in [-0.2, -0.15) is 0 Å². The van der Waals surface area contributed by atoms with Crippen LogP contribution < -0.4 is 5.46 Å². The SMILES string of the molecule is CC1(C)OB(B2OC(C)(C)C(C)(C)O2)OC1(C)C.Cc1cc(B2OC(C)(C)C(C)(C)O2)ccc1[C@@H](C)[C@H]1OC(COCc2ccccc2)[C@@H](C)[C@H](C)C1OCc1ccccc1.Cc1cc(Br)ccc1[C@@H](C)[C@H]1OC(COCc2ccccc2)[C@@H](C)[C@H](C)C1OCc1ccccc1. The monoisotopic (exact) mass is 1370 g/mol. The van der Waals surface area contributed by atoms with E-state index in [9.17, 15) is 0 Å². The van der Waals surface area contributed by atoms with Gasteiger partial charge in [-0.05, 0) is 183 Å². The molecule has 0 amide bonds. The maximum atomic E-state index is 6.96. The van der Waals surface area contributed by atoms with Crippen LogP contribution in [0, 0.1) is 37.5 Å². The van der Waals surface area contributed by atoms with E-state index in [0.29, 0.717) is 57.4 Å². The number of benzene rings is 6. The minimum Gasteiger partial charge on any atom is -0.405 e. The maximum Gasteiger partial charge on any atom is 0.494 e. The van der Waals surface area contributed by atoms with E-state index in [-0.39, 0.29) is 95.1 Å². The fourth-order valence-corrected chi connectivity index (χ4v) is 13.9. The Balaban J connectivity index is 0.000000182. The van der Waals surface area contributed by atoms with E-state index in [1.54, 1.807) is 0 Å². The second kappa shape index (κ2) is 32.0. The van der Waals surface area contributed by atoms with Crippen LogP contribution in [0.2, 0.25) is 0 Å².